The second kappa shape index (κ2) is 9.42. The number of aromatic nitrogens is 4. The number of hydrogen-bond acceptors (Lipinski definition) is 7. The van der Waals surface area contributed by atoms with Crippen molar-refractivity contribution in [1.29, 1.82) is 0 Å². The van der Waals surface area contributed by atoms with E-state index in [1.807, 2.05) is 73.9 Å². The van der Waals surface area contributed by atoms with E-state index in [4.69, 9.17) is 4.98 Å². The van der Waals surface area contributed by atoms with Crippen LogP contribution in [-0.4, -0.2) is 36.9 Å². The van der Waals surface area contributed by atoms with Crippen molar-refractivity contribution in [3.63, 3.8) is 0 Å². The minimum atomic E-state index is -0.260. The van der Waals surface area contributed by atoms with E-state index in [1.165, 1.54) is 16.5 Å². The van der Waals surface area contributed by atoms with Crippen LogP contribution in [0.25, 0.3) is 15.9 Å². The van der Waals surface area contributed by atoms with Gasteiger partial charge in [0.25, 0.3) is 0 Å². The number of carbonyl (C=O) groups excluding carboxylic acids is 1. The number of thiazole rings is 1. The smallest absolute Gasteiger partial charge is 0.230 e. The van der Waals surface area contributed by atoms with Gasteiger partial charge in [0.15, 0.2) is 9.50 Å². The van der Waals surface area contributed by atoms with Gasteiger partial charge in [-0.15, -0.1) is 21.5 Å². The molecule has 31 heavy (non-hydrogen) atoms. The molecular formula is C22H23N5OS3. The third-order valence-corrected chi connectivity index (χ3v) is 7.26. The molecule has 0 fully saturated rings. The van der Waals surface area contributed by atoms with Crippen molar-refractivity contribution in [1.82, 2.24) is 25.1 Å². The molecule has 4 rings (SSSR count). The Morgan fingerprint density at radius 2 is 1.77 bits per heavy atom. The lowest BCUT2D eigenvalue weighted by Gasteiger charge is -2.20. The highest BCUT2D eigenvalue weighted by atomic mass is 32.2. The second-order valence-electron chi connectivity index (χ2n) is 7.89. The molecule has 0 saturated heterocycles. The van der Waals surface area contributed by atoms with Crippen molar-refractivity contribution in [3.8, 4) is 5.69 Å². The van der Waals surface area contributed by atoms with Crippen LogP contribution >= 0.6 is 34.9 Å². The number of para-hydroxylation sites is 2. The molecule has 6 nitrogen and oxygen atoms in total. The Bertz CT molecular complexity index is 1150. The molecule has 0 bridgehead atoms. The quantitative estimate of drug-likeness (QED) is 0.376. The minimum Gasteiger partial charge on any atom is -0.351 e. The van der Waals surface area contributed by atoms with Crippen molar-refractivity contribution >= 4 is 51.0 Å². The van der Waals surface area contributed by atoms with Gasteiger partial charge in [-0.2, -0.15) is 0 Å². The van der Waals surface area contributed by atoms with Gasteiger partial charge in [0.05, 0.1) is 21.7 Å². The van der Waals surface area contributed by atoms with Crippen molar-refractivity contribution in [3.05, 3.63) is 60.4 Å². The molecule has 0 saturated carbocycles. The fourth-order valence-corrected chi connectivity index (χ4v) is 5.70. The summed E-state index contributed by atoms with van der Waals surface area (Å²) in [5.41, 5.74) is 1.73. The van der Waals surface area contributed by atoms with E-state index in [1.54, 1.807) is 23.1 Å². The van der Waals surface area contributed by atoms with Crippen LogP contribution in [0.4, 0.5) is 0 Å². The summed E-state index contributed by atoms with van der Waals surface area (Å²) in [4.78, 5) is 17.0. The molecule has 0 radical (unpaired) electrons. The van der Waals surface area contributed by atoms with Crippen LogP contribution < -0.4 is 5.32 Å². The molecule has 0 aliphatic heterocycles. The van der Waals surface area contributed by atoms with E-state index in [0.29, 0.717) is 10.9 Å². The zero-order valence-electron chi connectivity index (χ0n) is 17.5. The Morgan fingerprint density at radius 1 is 1.03 bits per heavy atom. The van der Waals surface area contributed by atoms with Crippen LogP contribution in [0, 0.1) is 0 Å². The summed E-state index contributed by atoms with van der Waals surface area (Å²) in [6.07, 6.45) is 0. The van der Waals surface area contributed by atoms with E-state index in [9.17, 15) is 4.79 Å². The first-order valence-corrected chi connectivity index (χ1v) is 12.6. The first-order valence-electron chi connectivity index (χ1n) is 9.81. The Kier molecular flexibility index (Phi) is 6.64. The maximum atomic E-state index is 12.3. The largest absolute Gasteiger partial charge is 0.351 e. The first-order chi connectivity index (χ1) is 14.9. The van der Waals surface area contributed by atoms with Crippen LogP contribution in [0.1, 0.15) is 26.6 Å². The number of nitrogens with zero attached hydrogens (tertiary/aromatic N) is 4. The summed E-state index contributed by atoms with van der Waals surface area (Å²) in [6.45, 7) is 5.91. The minimum absolute atomic E-state index is 0.0227. The molecule has 0 aliphatic rings. The maximum absolute atomic E-state index is 12.3. The highest BCUT2D eigenvalue weighted by Crippen LogP contribution is 2.32. The summed E-state index contributed by atoms with van der Waals surface area (Å²) in [5.74, 6) is 1.73. The summed E-state index contributed by atoms with van der Waals surface area (Å²) in [6, 6.07) is 18.1. The summed E-state index contributed by atoms with van der Waals surface area (Å²) in [5, 5.41) is 12.5. The normalized spacial score (nSPS) is 11.7. The number of amides is 1. The summed E-state index contributed by atoms with van der Waals surface area (Å²) < 4.78 is 4.20. The van der Waals surface area contributed by atoms with Gasteiger partial charge >= 0.3 is 0 Å². The molecule has 0 spiro atoms. The van der Waals surface area contributed by atoms with Gasteiger partial charge < -0.3 is 5.32 Å². The van der Waals surface area contributed by atoms with Gasteiger partial charge in [-0.05, 0) is 45.0 Å². The topological polar surface area (TPSA) is 72.7 Å². The monoisotopic (exact) mass is 469 g/mol. The van der Waals surface area contributed by atoms with E-state index < -0.39 is 0 Å². The SMILES string of the molecule is CC(C)(C)NC(=O)CSc1nnc(CSc2nc3ccccc3s2)n1-c1ccccc1. The predicted molar refractivity (Wildman–Crippen MR) is 129 cm³/mol. The zero-order chi connectivity index (χ0) is 21.8. The lowest BCUT2D eigenvalue weighted by molar-refractivity contribution is -0.119. The second-order valence-corrected chi connectivity index (χ2v) is 11.1. The molecule has 2 aromatic heterocycles. The average Bonchev–Trinajstić information content (AvgIpc) is 3.33. The molecule has 4 aromatic rings. The summed E-state index contributed by atoms with van der Waals surface area (Å²) in [7, 11) is 0. The highest BCUT2D eigenvalue weighted by Gasteiger charge is 2.19. The van der Waals surface area contributed by atoms with Gasteiger partial charge in [0.2, 0.25) is 5.91 Å². The Labute approximate surface area is 193 Å². The molecule has 160 valence electrons. The van der Waals surface area contributed by atoms with Crippen LogP contribution in [0.5, 0.6) is 0 Å². The lowest BCUT2D eigenvalue weighted by Crippen LogP contribution is -2.41. The summed E-state index contributed by atoms with van der Waals surface area (Å²) >= 11 is 4.72. The number of benzene rings is 2. The number of hydrogen-bond donors (Lipinski definition) is 1. The van der Waals surface area contributed by atoms with E-state index in [2.05, 4.69) is 21.6 Å². The molecular weight excluding hydrogens is 446 g/mol. The molecule has 0 unspecified atom stereocenters. The van der Waals surface area contributed by atoms with Gasteiger partial charge in [-0.3, -0.25) is 9.36 Å². The van der Waals surface area contributed by atoms with E-state index >= 15 is 0 Å². The zero-order valence-corrected chi connectivity index (χ0v) is 20.0. The van der Waals surface area contributed by atoms with Crippen molar-refractivity contribution in [2.75, 3.05) is 5.75 Å². The van der Waals surface area contributed by atoms with Gasteiger partial charge in [-0.1, -0.05) is 53.9 Å². The standard InChI is InChI=1S/C22H23N5OS3/c1-22(2,3)24-19(28)14-29-20-26-25-18(27(20)15-9-5-4-6-10-15)13-30-21-23-16-11-7-8-12-17(16)31-21/h4-12H,13-14H2,1-3H3,(H,24,28). The molecule has 2 heterocycles. The molecule has 9 heteroatoms. The lowest BCUT2D eigenvalue weighted by atomic mass is 10.1. The van der Waals surface area contributed by atoms with Crippen molar-refractivity contribution < 1.29 is 4.79 Å². The maximum Gasteiger partial charge on any atom is 0.230 e. The Hall–Kier alpha value is -2.36. The van der Waals surface area contributed by atoms with Crippen LogP contribution in [0.15, 0.2) is 64.1 Å². The molecule has 1 amide bonds. The van der Waals surface area contributed by atoms with Gasteiger partial charge in [-0.25, -0.2) is 4.98 Å². The Balaban J connectivity index is 1.53. The molecule has 0 atom stereocenters. The Morgan fingerprint density at radius 3 is 2.52 bits per heavy atom. The van der Waals surface area contributed by atoms with Crippen LogP contribution in [-0.2, 0) is 10.5 Å². The van der Waals surface area contributed by atoms with Gasteiger partial charge in [0, 0.05) is 11.2 Å². The highest BCUT2D eigenvalue weighted by molar-refractivity contribution is 8.00. The molecule has 0 aliphatic carbocycles. The first kappa shape index (κ1) is 21.9. The third-order valence-electron chi connectivity index (χ3n) is 4.16. The molecule has 1 N–H and O–H groups in total. The van der Waals surface area contributed by atoms with Crippen molar-refractivity contribution in [2.45, 2.75) is 41.6 Å². The van der Waals surface area contributed by atoms with E-state index in [-0.39, 0.29) is 17.2 Å². The number of fused-ring (bicyclic) bond motifs is 1. The fraction of sp³-hybridized carbons (Fsp3) is 0.273. The number of carbonyl (C=O) groups is 1. The fourth-order valence-electron chi connectivity index (χ4n) is 2.95. The number of nitrogens with one attached hydrogen (secondary N) is 1. The van der Waals surface area contributed by atoms with Crippen LogP contribution in [0.3, 0.4) is 0 Å². The van der Waals surface area contributed by atoms with Crippen molar-refractivity contribution in [2.24, 2.45) is 0 Å². The third kappa shape index (κ3) is 5.66. The number of thioether (sulfide) groups is 2. The van der Waals surface area contributed by atoms with Gasteiger partial charge in [0.1, 0.15) is 5.82 Å². The van der Waals surface area contributed by atoms with E-state index in [0.717, 1.165) is 21.4 Å². The van der Waals surface area contributed by atoms with Crippen LogP contribution in [0.2, 0.25) is 0 Å². The number of rotatable bonds is 7. The average molecular weight is 470 g/mol. The predicted octanol–water partition coefficient (Wildman–Crippen LogP) is 5.18. The molecule has 2 aromatic carbocycles.